The summed E-state index contributed by atoms with van der Waals surface area (Å²) in [6, 6.07) is 13.9. The van der Waals surface area contributed by atoms with Crippen LogP contribution < -0.4 is 5.32 Å². The van der Waals surface area contributed by atoms with Crippen LogP contribution in [0.2, 0.25) is 5.02 Å². The summed E-state index contributed by atoms with van der Waals surface area (Å²) in [6.07, 6.45) is 0.504. The van der Waals surface area contributed by atoms with E-state index in [0.29, 0.717) is 10.7 Å². The molecule has 176 valence electrons. The van der Waals surface area contributed by atoms with Gasteiger partial charge >= 0.3 is 7.60 Å². The highest BCUT2D eigenvalue weighted by Gasteiger charge is 2.53. The predicted molar refractivity (Wildman–Crippen MR) is 128 cm³/mol. The Balaban J connectivity index is 1.92. The number of aryl methyl sites for hydroxylation is 1. The average molecular weight is 501 g/mol. The Morgan fingerprint density at radius 3 is 2.19 bits per heavy atom. The molecule has 1 aliphatic heterocycles. The first kappa shape index (κ1) is 25.2. The lowest BCUT2D eigenvalue weighted by Gasteiger charge is -2.45. The molecule has 1 aliphatic rings. The fourth-order valence-electron chi connectivity index (χ4n) is 3.88. The van der Waals surface area contributed by atoms with Gasteiger partial charge in [-0.05, 0) is 63.9 Å². The van der Waals surface area contributed by atoms with Crippen LogP contribution >= 0.6 is 19.2 Å². The second-order valence-corrected chi connectivity index (χ2v) is 12.5. The lowest BCUT2D eigenvalue weighted by atomic mass is 10.1. The Labute approximate surface area is 195 Å². The minimum Gasteiger partial charge on any atom is -0.369 e. The molecule has 0 saturated carbocycles. The van der Waals surface area contributed by atoms with E-state index in [1.54, 1.807) is 56.3 Å². The topological polar surface area (TPSA) is 84.9 Å². The van der Waals surface area contributed by atoms with Crippen LogP contribution in [0.5, 0.6) is 0 Å². The first-order valence-corrected chi connectivity index (χ1v) is 14.0. The third kappa shape index (κ3) is 5.22. The molecule has 0 aliphatic carbocycles. The summed E-state index contributed by atoms with van der Waals surface area (Å²) in [4.78, 5) is 0.246. The third-order valence-electron chi connectivity index (χ3n) is 5.53. The zero-order valence-corrected chi connectivity index (χ0v) is 21.1. The summed E-state index contributed by atoms with van der Waals surface area (Å²) >= 11 is 6.15. The summed E-state index contributed by atoms with van der Waals surface area (Å²) in [6.45, 7) is 6.20. The van der Waals surface area contributed by atoms with E-state index < -0.39 is 22.9 Å². The average Bonchev–Trinajstić information content (AvgIpc) is 2.75. The molecule has 0 bridgehead atoms. The lowest BCUT2D eigenvalue weighted by molar-refractivity contribution is 0.179. The number of sulfonamides is 1. The minimum absolute atomic E-state index is 0.175. The highest BCUT2D eigenvalue weighted by atomic mass is 35.5. The molecule has 1 heterocycles. The lowest BCUT2D eigenvalue weighted by Crippen LogP contribution is -2.51. The monoisotopic (exact) mass is 500 g/mol. The van der Waals surface area contributed by atoms with Gasteiger partial charge in [-0.2, -0.15) is 4.31 Å². The van der Waals surface area contributed by atoms with E-state index in [2.05, 4.69) is 5.32 Å². The van der Waals surface area contributed by atoms with Gasteiger partial charge in [0.25, 0.3) is 0 Å². The fourth-order valence-corrected chi connectivity index (χ4v) is 7.78. The number of benzene rings is 2. The van der Waals surface area contributed by atoms with Crippen molar-refractivity contribution in [2.45, 2.75) is 43.8 Å². The standard InChI is InChI=1S/C22H30ClN2O5PS/c1-4-29-31(26,30-5-2)22(24-20-8-6-7-19(23)17-20)13-15-25(16-14-22)32(27,28)21-11-9-18(3)10-12-21/h6-12,17,24H,4-5,13-16H2,1-3H3. The Morgan fingerprint density at radius 2 is 1.66 bits per heavy atom. The predicted octanol–water partition coefficient (Wildman–Crippen LogP) is 5.51. The van der Waals surface area contributed by atoms with Gasteiger partial charge in [0.1, 0.15) is 5.28 Å². The zero-order valence-electron chi connectivity index (χ0n) is 18.6. The highest BCUT2D eigenvalue weighted by Crippen LogP contribution is 2.63. The van der Waals surface area contributed by atoms with Crippen LogP contribution in [0.4, 0.5) is 5.69 Å². The van der Waals surface area contributed by atoms with Gasteiger partial charge in [0.15, 0.2) is 0 Å². The van der Waals surface area contributed by atoms with Crippen molar-refractivity contribution < 1.29 is 22.0 Å². The van der Waals surface area contributed by atoms with E-state index in [9.17, 15) is 13.0 Å². The van der Waals surface area contributed by atoms with Gasteiger partial charge < -0.3 is 14.4 Å². The van der Waals surface area contributed by atoms with Crippen molar-refractivity contribution in [1.82, 2.24) is 4.31 Å². The summed E-state index contributed by atoms with van der Waals surface area (Å²) < 4.78 is 53.1. The highest BCUT2D eigenvalue weighted by molar-refractivity contribution is 7.89. The molecule has 2 aromatic rings. The van der Waals surface area contributed by atoms with Gasteiger partial charge in [0.05, 0.1) is 18.1 Å². The van der Waals surface area contributed by atoms with Gasteiger partial charge in [-0.15, -0.1) is 0 Å². The normalized spacial score (nSPS) is 17.2. The number of hydrogen-bond donors (Lipinski definition) is 1. The van der Waals surface area contributed by atoms with Crippen LogP contribution in [0.1, 0.15) is 32.3 Å². The number of halogens is 1. The molecule has 0 unspecified atom stereocenters. The number of nitrogens with zero attached hydrogens (tertiary/aromatic N) is 1. The quantitative estimate of drug-likeness (QED) is 0.457. The smallest absolute Gasteiger partial charge is 0.355 e. The Bertz CT molecular complexity index is 1060. The number of hydrogen-bond acceptors (Lipinski definition) is 6. The molecule has 10 heteroatoms. The van der Waals surface area contributed by atoms with Crippen molar-refractivity contribution in [3.8, 4) is 0 Å². The minimum atomic E-state index is -3.67. The Kier molecular flexibility index (Phi) is 8.07. The molecule has 7 nitrogen and oxygen atoms in total. The van der Waals surface area contributed by atoms with Gasteiger partial charge in [-0.3, -0.25) is 4.57 Å². The van der Waals surface area contributed by atoms with Crippen LogP contribution in [-0.4, -0.2) is 44.3 Å². The SMILES string of the molecule is CCOP(=O)(OCC)C1(Nc2cccc(Cl)c2)CCN(S(=O)(=O)c2ccc(C)cc2)CC1. The van der Waals surface area contributed by atoms with Crippen molar-refractivity contribution in [2.75, 3.05) is 31.6 Å². The first-order chi connectivity index (χ1) is 15.2. The number of anilines is 1. The molecular weight excluding hydrogens is 471 g/mol. The van der Waals surface area contributed by atoms with Gasteiger partial charge in [-0.1, -0.05) is 35.4 Å². The maximum Gasteiger partial charge on any atom is 0.355 e. The molecule has 1 fully saturated rings. The summed E-state index contributed by atoms with van der Waals surface area (Å²) in [5, 5.41) is 2.80. The third-order valence-corrected chi connectivity index (χ3v) is 10.5. The van der Waals surface area contributed by atoms with E-state index in [-0.39, 0.29) is 44.0 Å². The number of piperidine rings is 1. The number of rotatable bonds is 9. The Morgan fingerprint density at radius 1 is 1.06 bits per heavy atom. The Hall–Kier alpha value is -1.41. The van der Waals surface area contributed by atoms with Crippen molar-refractivity contribution in [2.24, 2.45) is 0 Å². The molecule has 1 saturated heterocycles. The van der Waals surface area contributed by atoms with Crippen LogP contribution in [0.3, 0.4) is 0 Å². The van der Waals surface area contributed by atoms with E-state index in [1.807, 2.05) is 13.0 Å². The molecule has 0 aromatic heterocycles. The maximum atomic E-state index is 13.9. The molecule has 32 heavy (non-hydrogen) atoms. The number of nitrogens with one attached hydrogen (secondary N) is 1. The molecule has 0 atom stereocenters. The molecule has 3 rings (SSSR count). The molecule has 0 spiro atoms. The summed E-state index contributed by atoms with van der Waals surface area (Å²) in [5.41, 5.74) is 1.66. The summed E-state index contributed by atoms with van der Waals surface area (Å²) in [7, 11) is -7.30. The van der Waals surface area contributed by atoms with E-state index in [4.69, 9.17) is 20.6 Å². The van der Waals surface area contributed by atoms with Crippen LogP contribution in [-0.2, 0) is 23.6 Å². The van der Waals surface area contributed by atoms with Crippen molar-refractivity contribution in [3.05, 3.63) is 59.1 Å². The van der Waals surface area contributed by atoms with Crippen LogP contribution in [0.15, 0.2) is 53.4 Å². The van der Waals surface area contributed by atoms with E-state index >= 15 is 0 Å². The van der Waals surface area contributed by atoms with E-state index in [1.165, 1.54) is 4.31 Å². The van der Waals surface area contributed by atoms with Crippen molar-refractivity contribution in [1.29, 1.82) is 0 Å². The molecule has 1 N–H and O–H groups in total. The van der Waals surface area contributed by atoms with Crippen LogP contribution in [0, 0.1) is 6.92 Å². The largest absolute Gasteiger partial charge is 0.369 e. The maximum absolute atomic E-state index is 13.9. The molecule has 0 radical (unpaired) electrons. The van der Waals surface area contributed by atoms with Gasteiger partial charge in [-0.25, -0.2) is 8.42 Å². The molecule has 2 aromatic carbocycles. The van der Waals surface area contributed by atoms with Crippen LogP contribution in [0.25, 0.3) is 0 Å². The van der Waals surface area contributed by atoms with E-state index in [0.717, 1.165) is 5.56 Å². The molecule has 0 amide bonds. The zero-order chi connectivity index (χ0) is 23.4. The second kappa shape index (κ2) is 10.2. The van der Waals surface area contributed by atoms with Crippen molar-refractivity contribution in [3.63, 3.8) is 0 Å². The second-order valence-electron chi connectivity index (χ2n) is 7.72. The van der Waals surface area contributed by atoms with Gasteiger partial charge in [0, 0.05) is 23.8 Å². The fraction of sp³-hybridized carbons (Fsp3) is 0.455. The van der Waals surface area contributed by atoms with Gasteiger partial charge in [0.2, 0.25) is 10.0 Å². The first-order valence-electron chi connectivity index (χ1n) is 10.7. The molecular formula is C22H30ClN2O5PS. The van der Waals surface area contributed by atoms with Crippen molar-refractivity contribution >= 4 is 34.9 Å². The summed E-state index contributed by atoms with van der Waals surface area (Å²) in [5.74, 6) is 0.